The van der Waals surface area contributed by atoms with E-state index in [0.29, 0.717) is 5.92 Å². The summed E-state index contributed by atoms with van der Waals surface area (Å²) in [6, 6.07) is 8.97. The lowest BCUT2D eigenvalue weighted by molar-refractivity contribution is 0.138. The van der Waals surface area contributed by atoms with Gasteiger partial charge in [-0.15, -0.1) is 0 Å². The van der Waals surface area contributed by atoms with Crippen LogP contribution in [0.5, 0.6) is 0 Å². The Hall–Kier alpha value is -0.860. The van der Waals surface area contributed by atoms with E-state index in [0.717, 1.165) is 45.1 Å². The zero-order valence-electron chi connectivity index (χ0n) is 13.6. The van der Waals surface area contributed by atoms with Gasteiger partial charge in [0.15, 0.2) is 0 Å². The van der Waals surface area contributed by atoms with Gasteiger partial charge in [-0.3, -0.25) is 0 Å². The molecule has 0 aliphatic carbocycles. The van der Waals surface area contributed by atoms with Gasteiger partial charge >= 0.3 is 0 Å². The molecule has 0 fully saturated rings. The summed E-state index contributed by atoms with van der Waals surface area (Å²) in [5, 5.41) is 3.38. The SMILES string of the molecule is CC(C)CNCCOCCc1ccc(CC(C)C)cc1. The fourth-order valence-electron chi connectivity index (χ4n) is 2.14. The highest BCUT2D eigenvalue weighted by Crippen LogP contribution is 2.10. The molecule has 0 spiro atoms. The predicted molar refractivity (Wildman–Crippen MR) is 87.2 cm³/mol. The molecule has 0 atom stereocenters. The van der Waals surface area contributed by atoms with Crippen molar-refractivity contribution in [2.75, 3.05) is 26.3 Å². The van der Waals surface area contributed by atoms with E-state index < -0.39 is 0 Å². The second-order valence-corrected chi connectivity index (χ2v) is 6.37. The molecule has 0 aliphatic heterocycles. The van der Waals surface area contributed by atoms with Gasteiger partial charge in [0.05, 0.1) is 13.2 Å². The first-order chi connectivity index (χ1) is 9.58. The monoisotopic (exact) mass is 277 g/mol. The molecule has 1 N–H and O–H groups in total. The van der Waals surface area contributed by atoms with Crippen molar-refractivity contribution in [2.24, 2.45) is 11.8 Å². The average molecular weight is 277 g/mol. The third kappa shape index (κ3) is 8.34. The van der Waals surface area contributed by atoms with Crippen molar-refractivity contribution in [3.63, 3.8) is 0 Å². The van der Waals surface area contributed by atoms with Crippen molar-refractivity contribution in [1.29, 1.82) is 0 Å². The van der Waals surface area contributed by atoms with Crippen molar-refractivity contribution < 1.29 is 4.74 Å². The van der Waals surface area contributed by atoms with E-state index >= 15 is 0 Å². The summed E-state index contributed by atoms with van der Waals surface area (Å²) >= 11 is 0. The normalized spacial score (nSPS) is 11.5. The standard InChI is InChI=1S/C18H31NO/c1-15(2)13-18-7-5-17(6-8-18)9-11-20-12-10-19-14-16(3)4/h5-8,15-16,19H,9-14H2,1-4H3. The molecule has 0 heterocycles. The van der Waals surface area contributed by atoms with Gasteiger partial charge in [0.2, 0.25) is 0 Å². The van der Waals surface area contributed by atoms with Crippen LogP contribution in [-0.2, 0) is 17.6 Å². The van der Waals surface area contributed by atoms with Gasteiger partial charge in [0.1, 0.15) is 0 Å². The van der Waals surface area contributed by atoms with E-state index in [1.165, 1.54) is 11.1 Å². The Morgan fingerprint density at radius 1 is 0.900 bits per heavy atom. The Morgan fingerprint density at radius 3 is 2.15 bits per heavy atom. The smallest absolute Gasteiger partial charge is 0.0591 e. The van der Waals surface area contributed by atoms with Crippen LogP contribution in [0.1, 0.15) is 38.8 Å². The van der Waals surface area contributed by atoms with Crippen LogP contribution >= 0.6 is 0 Å². The molecule has 0 saturated heterocycles. The zero-order chi connectivity index (χ0) is 14.8. The van der Waals surface area contributed by atoms with Gasteiger partial charge in [-0.1, -0.05) is 52.0 Å². The van der Waals surface area contributed by atoms with Gasteiger partial charge < -0.3 is 10.1 Å². The second kappa shape index (κ2) is 9.95. The molecule has 0 aromatic heterocycles. The largest absolute Gasteiger partial charge is 0.380 e. The number of benzene rings is 1. The number of rotatable bonds is 10. The fraction of sp³-hybridized carbons (Fsp3) is 0.667. The summed E-state index contributed by atoms with van der Waals surface area (Å²) < 4.78 is 5.65. The Labute approximate surface area is 124 Å². The lowest BCUT2D eigenvalue weighted by Crippen LogP contribution is -2.24. The molecule has 0 bridgehead atoms. The van der Waals surface area contributed by atoms with E-state index in [9.17, 15) is 0 Å². The molecule has 0 saturated carbocycles. The zero-order valence-corrected chi connectivity index (χ0v) is 13.6. The summed E-state index contributed by atoms with van der Waals surface area (Å²) in [7, 11) is 0. The molecule has 1 rings (SSSR count). The first-order valence-electron chi connectivity index (χ1n) is 7.94. The summed E-state index contributed by atoms with van der Waals surface area (Å²) in [6.07, 6.45) is 2.17. The van der Waals surface area contributed by atoms with Crippen molar-refractivity contribution in [2.45, 2.75) is 40.5 Å². The first-order valence-corrected chi connectivity index (χ1v) is 7.94. The van der Waals surface area contributed by atoms with Crippen LogP contribution < -0.4 is 5.32 Å². The molecule has 0 radical (unpaired) electrons. The number of hydrogen-bond acceptors (Lipinski definition) is 2. The van der Waals surface area contributed by atoms with Crippen LogP contribution in [0.4, 0.5) is 0 Å². The lowest BCUT2D eigenvalue weighted by Gasteiger charge is -2.09. The van der Waals surface area contributed by atoms with Crippen LogP contribution in [-0.4, -0.2) is 26.3 Å². The maximum atomic E-state index is 5.65. The van der Waals surface area contributed by atoms with Crippen LogP contribution in [0, 0.1) is 11.8 Å². The van der Waals surface area contributed by atoms with Crippen LogP contribution in [0.25, 0.3) is 0 Å². The van der Waals surface area contributed by atoms with E-state index in [2.05, 4.69) is 57.3 Å². The third-order valence-electron chi connectivity index (χ3n) is 3.18. The Kier molecular flexibility index (Phi) is 8.56. The minimum absolute atomic E-state index is 0.708. The molecule has 20 heavy (non-hydrogen) atoms. The fourth-order valence-corrected chi connectivity index (χ4v) is 2.14. The number of hydrogen-bond donors (Lipinski definition) is 1. The Balaban J connectivity index is 2.10. The molecule has 0 unspecified atom stereocenters. The van der Waals surface area contributed by atoms with Gasteiger partial charge in [-0.25, -0.2) is 0 Å². The third-order valence-corrected chi connectivity index (χ3v) is 3.18. The molecular weight excluding hydrogens is 246 g/mol. The molecule has 1 aromatic rings. The Morgan fingerprint density at radius 2 is 1.55 bits per heavy atom. The molecule has 2 nitrogen and oxygen atoms in total. The number of nitrogens with one attached hydrogen (secondary N) is 1. The second-order valence-electron chi connectivity index (χ2n) is 6.37. The van der Waals surface area contributed by atoms with Gasteiger partial charge in [-0.2, -0.15) is 0 Å². The molecule has 0 amide bonds. The molecule has 2 heteroatoms. The molecule has 114 valence electrons. The highest BCUT2D eigenvalue weighted by Gasteiger charge is 1.99. The minimum Gasteiger partial charge on any atom is -0.380 e. The van der Waals surface area contributed by atoms with Crippen molar-refractivity contribution in [3.05, 3.63) is 35.4 Å². The van der Waals surface area contributed by atoms with Crippen LogP contribution in [0.3, 0.4) is 0 Å². The van der Waals surface area contributed by atoms with E-state index in [1.54, 1.807) is 0 Å². The highest BCUT2D eigenvalue weighted by atomic mass is 16.5. The first kappa shape index (κ1) is 17.2. The van der Waals surface area contributed by atoms with Crippen LogP contribution in [0.2, 0.25) is 0 Å². The van der Waals surface area contributed by atoms with E-state index in [1.807, 2.05) is 0 Å². The number of ether oxygens (including phenoxy) is 1. The summed E-state index contributed by atoms with van der Waals surface area (Å²) in [5.41, 5.74) is 2.80. The van der Waals surface area contributed by atoms with E-state index in [-0.39, 0.29) is 0 Å². The minimum atomic E-state index is 0.708. The van der Waals surface area contributed by atoms with E-state index in [4.69, 9.17) is 4.74 Å². The topological polar surface area (TPSA) is 21.3 Å². The van der Waals surface area contributed by atoms with Crippen molar-refractivity contribution in [3.8, 4) is 0 Å². The van der Waals surface area contributed by atoms with Gasteiger partial charge in [0.25, 0.3) is 0 Å². The van der Waals surface area contributed by atoms with Gasteiger partial charge in [-0.05, 0) is 42.3 Å². The summed E-state index contributed by atoms with van der Waals surface area (Å²) in [5.74, 6) is 1.43. The predicted octanol–water partition coefficient (Wildman–Crippen LogP) is 3.69. The highest BCUT2D eigenvalue weighted by molar-refractivity contribution is 5.22. The average Bonchev–Trinajstić information content (AvgIpc) is 2.38. The van der Waals surface area contributed by atoms with Gasteiger partial charge in [0, 0.05) is 6.54 Å². The maximum Gasteiger partial charge on any atom is 0.0591 e. The quantitative estimate of drug-likeness (QED) is 0.659. The molecule has 0 aliphatic rings. The van der Waals surface area contributed by atoms with Crippen molar-refractivity contribution >= 4 is 0 Å². The van der Waals surface area contributed by atoms with Crippen LogP contribution in [0.15, 0.2) is 24.3 Å². The molecular formula is C18H31NO. The van der Waals surface area contributed by atoms with Crippen molar-refractivity contribution in [1.82, 2.24) is 5.32 Å². The molecule has 1 aromatic carbocycles. The summed E-state index contributed by atoms with van der Waals surface area (Å²) in [6.45, 7) is 12.6. The maximum absolute atomic E-state index is 5.65. The lowest BCUT2D eigenvalue weighted by atomic mass is 10.0. The Bertz CT molecular complexity index is 343. The summed E-state index contributed by atoms with van der Waals surface area (Å²) in [4.78, 5) is 0.